The van der Waals surface area contributed by atoms with Crippen LogP contribution in [0.2, 0.25) is 0 Å². The maximum atomic E-state index is 12.8. The highest BCUT2D eigenvalue weighted by molar-refractivity contribution is 7.89. The highest BCUT2D eigenvalue weighted by Gasteiger charge is 2.23. The molecule has 0 aliphatic heterocycles. The molecule has 1 atom stereocenters. The molecule has 0 saturated heterocycles. The maximum Gasteiger partial charge on any atom is 0.241 e. The van der Waals surface area contributed by atoms with Gasteiger partial charge in [-0.1, -0.05) is 18.2 Å². The number of benzene rings is 2. The second kappa shape index (κ2) is 7.23. The molecule has 0 amide bonds. The van der Waals surface area contributed by atoms with Gasteiger partial charge in [0, 0.05) is 11.6 Å². The van der Waals surface area contributed by atoms with Crippen LogP contribution in [0, 0.1) is 13.8 Å². The first-order valence-corrected chi connectivity index (χ1v) is 9.09. The average Bonchev–Trinajstić information content (AvgIpc) is 2.56. The van der Waals surface area contributed by atoms with E-state index in [-0.39, 0.29) is 4.90 Å². The van der Waals surface area contributed by atoms with Gasteiger partial charge in [-0.25, -0.2) is 13.1 Å². The van der Waals surface area contributed by atoms with Gasteiger partial charge in [0.05, 0.1) is 19.1 Å². The third-order valence-electron chi connectivity index (χ3n) is 4.13. The molecule has 0 heterocycles. The van der Waals surface area contributed by atoms with Crippen molar-refractivity contribution in [2.75, 3.05) is 14.2 Å². The van der Waals surface area contributed by atoms with Gasteiger partial charge in [-0.2, -0.15) is 0 Å². The molecule has 0 spiro atoms. The van der Waals surface area contributed by atoms with Crippen molar-refractivity contribution in [1.82, 2.24) is 4.72 Å². The van der Waals surface area contributed by atoms with Crippen molar-refractivity contribution in [3.8, 4) is 11.5 Å². The Morgan fingerprint density at radius 1 is 0.917 bits per heavy atom. The van der Waals surface area contributed by atoms with E-state index in [0.717, 1.165) is 11.1 Å². The molecule has 1 unspecified atom stereocenters. The van der Waals surface area contributed by atoms with Gasteiger partial charge in [0.1, 0.15) is 11.5 Å². The Hall–Kier alpha value is -2.05. The minimum atomic E-state index is -3.67. The number of rotatable bonds is 6. The molecule has 6 heteroatoms. The summed E-state index contributed by atoms with van der Waals surface area (Å²) in [5.74, 6) is 1.32. The van der Waals surface area contributed by atoms with Crippen molar-refractivity contribution in [3.63, 3.8) is 0 Å². The Kier molecular flexibility index (Phi) is 5.51. The summed E-state index contributed by atoms with van der Waals surface area (Å²) in [6.45, 7) is 5.41. The Balaban J connectivity index is 2.37. The van der Waals surface area contributed by atoms with Gasteiger partial charge in [0.2, 0.25) is 10.0 Å². The summed E-state index contributed by atoms with van der Waals surface area (Å²) in [5.41, 5.74) is 2.27. The fourth-order valence-electron chi connectivity index (χ4n) is 2.67. The zero-order chi connectivity index (χ0) is 17.9. The van der Waals surface area contributed by atoms with E-state index in [4.69, 9.17) is 9.47 Å². The minimum absolute atomic E-state index is 0.252. The lowest BCUT2D eigenvalue weighted by molar-refractivity contribution is 0.405. The highest BCUT2D eigenvalue weighted by atomic mass is 32.2. The summed E-state index contributed by atoms with van der Waals surface area (Å²) in [6, 6.07) is 10.2. The second-order valence-electron chi connectivity index (χ2n) is 5.60. The van der Waals surface area contributed by atoms with Crippen molar-refractivity contribution < 1.29 is 17.9 Å². The molecule has 0 bridgehead atoms. The Morgan fingerprint density at radius 2 is 1.54 bits per heavy atom. The fraction of sp³-hybridized carbons (Fsp3) is 0.333. The Labute approximate surface area is 143 Å². The molecule has 130 valence electrons. The van der Waals surface area contributed by atoms with E-state index >= 15 is 0 Å². The molecule has 2 rings (SSSR count). The molecule has 0 radical (unpaired) electrons. The average molecular weight is 349 g/mol. The fourth-order valence-corrected chi connectivity index (χ4v) is 4.19. The molecular formula is C18H23NO4S. The topological polar surface area (TPSA) is 64.6 Å². The lowest BCUT2D eigenvalue weighted by Crippen LogP contribution is -2.28. The van der Waals surface area contributed by atoms with Crippen LogP contribution in [0.3, 0.4) is 0 Å². The van der Waals surface area contributed by atoms with Crippen LogP contribution in [0.5, 0.6) is 11.5 Å². The zero-order valence-corrected chi connectivity index (χ0v) is 15.4. The van der Waals surface area contributed by atoms with Crippen molar-refractivity contribution in [2.24, 2.45) is 0 Å². The van der Waals surface area contributed by atoms with Gasteiger partial charge in [-0.05, 0) is 50.1 Å². The number of nitrogens with one attached hydrogen (secondary N) is 1. The number of methoxy groups -OCH3 is 2. The van der Waals surface area contributed by atoms with Crippen molar-refractivity contribution >= 4 is 10.0 Å². The maximum absolute atomic E-state index is 12.8. The zero-order valence-electron chi connectivity index (χ0n) is 14.6. The first kappa shape index (κ1) is 18.3. The number of hydrogen-bond donors (Lipinski definition) is 1. The molecule has 2 aromatic carbocycles. The third-order valence-corrected chi connectivity index (χ3v) is 5.82. The van der Waals surface area contributed by atoms with Crippen LogP contribution in [-0.4, -0.2) is 22.6 Å². The Bertz CT molecular complexity index is 831. The molecule has 24 heavy (non-hydrogen) atoms. The van der Waals surface area contributed by atoms with Crippen LogP contribution < -0.4 is 14.2 Å². The number of hydrogen-bond acceptors (Lipinski definition) is 4. The van der Waals surface area contributed by atoms with E-state index in [2.05, 4.69) is 4.72 Å². The normalized spacial score (nSPS) is 12.7. The molecule has 1 N–H and O–H groups in total. The van der Waals surface area contributed by atoms with Crippen molar-refractivity contribution in [1.29, 1.82) is 0 Å². The lowest BCUT2D eigenvalue weighted by atomic mass is 10.1. The first-order valence-electron chi connectivity index (χ1n) is 7.61. The lowest BCUT2D eigenvalue weighted by Gasteiger charge is -2.19. The van der Waals surface area contributed by atoms with E-state index in [1.165, 1.54) is 0 Å². The van der Waals surface area contributed by atoms with E-state index in [9.17, 15) is 8.42 Å². The highest BCUT2D eigenvalue weighted by Crippen LogP contribution is 2.29. The predicted molar refractivity (Wildman–Crippen MR) is 94.2 cm³/mol. The number of para-hydroxylation sites is 1. The Morgan fingerprint density at radius 3 is 2.17 bits per heavy atom. The SMILES string of the molecule is COc1ccccc1C(C)NS(=O)(=O)c1ccc(OC)c(C)c1C. The van der Waals surface area contributed by atoms with Crippen LogP contribution in [0.4, 0.5) is 0 Å². The quantitative estimate of drug-likeness (QED) is 0.868. The summed E-state index contributed by atoms with van der Waals surface area (Å²) in [7, 11) is -0.538. The van der Waals surface area contributed by atoms with Crippen LogP contribution in [0.15, 0.2) is 41.3 Å². The molecule has 0 fully saturated rings. The van der Waals surface area contributed by atoms with Gasteiger partial charge in [-0.15, -0.1) is 0 Å². The molecule has 0 aromatic heterocycles. The standard InChI is InChI=1S/C18H23NO4S/c1-12-13(2)18(11-10-16(12)22-4)24(20,21)19-14(3)15-8-6-7-9-17(15)23-5/h6-11,14,19H,1-5H3. The summed E-state index contributed by atoms with van der Waals surface area (Å²) in [6.07, 6.45) is 0. The van der Waals surface area contributed by atoms with E-state index < -0.39 is 16.1 Å². The first-order chi connectivity index (χ1) is 11.3. The van der Waals surface area contributed by atoms with E-state index in [1.807, 2.05) is 31.2 Å². The van der Waals surface area contributed by atoms with Crippen LogP contribution >= 0.6 is 0 Å². The molecule has 0 saturated carbocycles. The third kappa shape index (κ3) is 3.55. The molecule has 0 aliphatic rings. The molecule has 0 aliphatic carbocycles. The summed E-state index contributed by atoms with van der Waals surface area (Å²) >= 11 is 0. The van der Waals surface area contributed by atoms with Crippen molar-refractivity contribution in [2.45, 2.75) is 31.7 Å². The molecular weight excluding hydrogens is 326 g/mol. The van der Waals surface area contributed by atoms with Gasteiger partial charge in [0.25, 0.3) is 0 Å². The van der Waals surface area contributed by atoms with Crippen molar-refractivity contribution in [3.05, 3.63) is 53.1 Å². The van der Waals surface area contributed by atoms with Crippen LogP contribution in [0.25, 0.3) is 0 Å². The summed E-state index contributed by atoms with van der Waals surface area (Å²) in [4.78, 5) is 0.252. The van der Waals surface area contributed by atoms with Crippen LogP contribution in [-0.2, 0) is 10.0 Å². The van der Waals surface area contributed by atoms with Gasteiger partial charge < -0.3 is 9.47 Å². The van der Waals surface area contributed by atoms with Crippen LogP contribution in [0.1, 0.15) is 29.7 Å². The predicted octanol–water partition coefficient (Wildman–Crippen LogP) is 3.36. The largest absolute Gasteiger partial charge is 0.496 e. The molecule has 2 aromatic rings. The minimum Gasteiger partial charge on any atom is -0.496 e. The van der Waals surface area contributed by atoms with E-state index in [1.54, 1.807) is 40.2 Å². The molecule has 5 nitrogen and oxygen atoms in total. The van der Waals surface area contributed by atoms with E-state index in [0.29, 0.717) is 17.1 Å². The smallest absolute Gasteiger partial charge is 0.241 e. The summed E-state index contributed by atoms with van der Waals surface area (Å²) < 4.78 is 38.9. The second-order valence-corrected chi connectivity index (χ2v) is 7.28. The van der Waals surface area contributed by atoms with Gasteiger partial charge in [-0.3, -0.25) is 0 Å². The number of sulfonamides is 1. The van der Waals surface area contributed by atoms with Gasteiger partial charge >= 0.3 is 0 Å². The number of ether oxygens (including phenoxy) is 2. The van der Waals surface area contributed by atoms with Gasteiger partial charge in [0.15, 0.2) is 0 Å². The summed E-state index contributed by atoms with van der Waals surface area (Å²) in [5, 5.41) is 0. The monoisotopic (exact) mass is 349 g/mol.